The van der Waals surface area contributed by atoms with Crippen molar-refractivity contribution in [1.29, 1.82) is 0 Å². The largest absolute Gasteiger partial charge is 0.333 e. The van der Waals surface area contributed by atoms with Crippen LogP contribution in [-0.4, -0.2) is 20.8 Å². The summed E-state index contributed by atoms with van der Waals surface area (Å²) in [5.41, 5.74) is 0.672. The molecule has 0 saturated carbocycles. The molecule has 2 aromatic heterocycles. The Morgan fingerprint density at radius 2 is 2.35 bits per heavy atom. The molecule has 7 heteroatoms. The summed E-state index contributed by atoms with van der Waals surface area (Å²) in [7, 11) is 1.79. The first-order chi connectivity index (χ1) is 8.13. The van der Waals surface area contributed by atoms with Crippen LogP contribution in [0.5, 0.6) is 0 Å². The number of hydrogen-bond donors (Lipinski definition) is 2. The monoisotopic (exact) mass is 251 g/mol. The summed E-state index contributed by atoms with van der Waals surface area (Å²) in [6.45, 7) is 2.42. The molecule has 0 saturated heterocycles. The third-order valence-corrected chi connectivity index (χ3v) is 2.97. The zero-order valence-corrected chi connectivity index (χ0v) is 10.4. The molecule has 2 aromatic rings. The van der Waals surface area contributed by atoms with Gasteiger partial charge in [0.25, 0.3) is 0 Å². The molecule has 0 atom stereocenters. The molecule has 0 aliphatic carbocycles. The fourth-order valence-corrected chi connectivity index (χ4v) is 2.05. The molecule has 2 N–H and O–H groups in total. The number of amides is 2. The van der Waals surface area contributed by atoms with E-state index < -0.39 is 0 Å². The van der Waals surface area contributed by atoms with Crippen LogP contribution in [0.15, 0.2) is 18.6 Å². The van der Waals surface area contributed by atoms with Crippen molar-refractivity contribution in [3.63, 3.8) is 0 Å². The van der Waals surface area contributed by atoms with Gasteiger partial charge < -0.3 is 10.6 Å². The lowest BCUT2D eigenvalue weighted by molar-refractivity contribution is 0.252. The van der Waals surface area contributed by atoms with Crippen molar-refractivity contribution in [2.24, 2.45) is 7.05 Å². The first-order valence-electron chi connectivity index (χ1n) is 5.08. The summed E-state index contributed by atoms with van der Waals surface area (Å²) in [6, 6.07) is -0.246. The number of hydrogen-bond acceptors (Lipinski definition) is 4. The van der Waals surface area contributed by atoms with Crippen LogP contribution in [0.2, 0.25) is 0 Å². The van der Waals surface area contributed by atoms with E-state index in [9.17, 15) is 4.79 Å². The summed E-state index contributed by atoms with van der Waals surface area (Å²) in [5.74, 6) is 0. The number of carbonyl (C=O) groups is 1. The van der Waals surface area contributed by atoms with E-state index in [2.05, 4.69) is 20.7 Å². The highest BCUT2D eigenvalue weighted by molar-refractivity contribution is 7.11. The third kappa shape index (κ3) is 3.28. The lowest BCUT2D eigenvalue weighted by Crippen LogP contribution is -2.27. The van der Waals surface area contributed by atoms with Gasteiger partial charge in [-0.3, -0.25) is 4.68 Å². The molecule has 0 aliphatic rings. The van der Waals surface area contributed by atoms with Crippen molar-refractivity contribution in [3.05, 3.63) is 28.5 Å². The Hall–Kier alpha value is -1.89. The lowest BCUT2D eigenvalue weighted by Gasteiger charge is -2.03. The fourth-order valence-electron chi connectivity index (χ4n) is 1.32. The minimum Gasteiger partial charge on any atom is -0.333 e. The van der Waals surface area contributed by atoms with E-state index in [1.54, 1.807) is 41.7 Å². The smallest absolute Gasteiger partial charge is 0.319 e. The van der Waals surface area contributed by atoms with Gasteiger partial charge >= 0.3 is 6.03 Å². The van der Waals surface area contributed by atoms with E-state index in [1.165, 1.54) is 0 Å². The fraction of sp³-hybridized carbons (Fsp3) is 0.300. The van der Waals surface area contributed by atoms with Gasteiger partial charge in [0.2, 0.25) is 0 Å². The number of rotatable bonds is 3. The second-order valence-corrected chi connectivity index (χ2v) is 4.88. The number of anilines is 1. The van der Waals surface area contributed by atoms with Gasteiger partial charge in [-0.15, -0.1) is 11.3 Å². The Kier molecular flexibility index (Phi) is 3.38. The molecule has 0 spiro atoms. The Bertz CT molecular complexity index is 518. The molecule has 0 fully saturated rings. The van der Waals surface area contributed by atoms with Crippen molar-refractivity contribution in [2.45, 2.75) is 13.5 Å². The number of urea groups is 1. The molecule has 2 amide bonds. The van der Waals surface area contributed by atoms with Gasteiger partial charge in [0.1, 0.15) is 0 Å². The maximum Gasteiger partial charge on any atom is 0.319 e. The Balaban J connectivity index is 1.82. The summed E-state index contributed by atoms with van der Waals surface area (Å²) >= 11 is 1.57. The molecule has 0 aliphatic heterocycles. The topological polar surface area (TPSA) is 71.8 Å². The van der Waals surface area contributed by atoms with E-state index in [4.69, 9.17) is 0 Å². The molecule has 0 unspecified atom stereocenters. The minimum atomic E-state index is -0.246. The van der Waals surface area contributed by atoms with Gasteiger partial charge in [-0.25, -0.2) is 9.78 Å². The van der Waals surface area contributed by atoms with Crippen LogP contribution in [0, 0.1) is 6.92 Å². The second kappa shape index (κ2) is 4.96. The number of thiazole rings is 1. The second-order valence-electron chi connectivity index (χ2n) is 3.56. The maximum absolute atomic E-state index is 11.5. The predicted octanol–water partition coefficient (Wildman–Crippen LogP) is 1.51. The molecule has 0 aromatic carbocycles. The van der Waals surface area contributed by atoms with Crippen LogP contribution >= 0.6 is 11.3 Å². The first-order valence-corrected chi connectivity index (χ1v) is 5.90. The van der Waals surface area contributed by atoms with Gasteiger partial charge in [0, 0.05) is 24.3 Å². The van der Waals surface area contributed by atoms with E-state index in [1.807, 2.05) is 6.92 Å². The van der Waals surface area contributed by atoms with Crippen LogP contribution < -0.4 is 10.6 Å². The molecule has 0 bridgehead atoms. The Morgan fingerprint density at radius 3 is 2.94 bits per heavy atom. The number of aryl methyl sites for hydroxylation is 2. The number of aromatic nitrogens is 3. The molecule has 17 heavy (non-hydrogen) atoms. The van der Waals surface area contributed by atoms with Crippen molar-refractivity contribution < 1.29 is 4.79 Å². The number of nitrogens with zero attached hydrogens (tertiary/aromatic N) is 3. The lowest BCUT2D eigenvalue weighted by atomic mass is 10.5. The summed E-state index contributed by atoms with van der Waals surface area (Å²) in [6.07, 6.45) is 5.09. The summed E-state index contributed by atoms with van der Waals surface area (Å²) < 4.78 is 1.63. The molecule has 0 radical (unpaired) electrons. The summed E-state index contributed by atoms with van der Waals surface area (Å²) in [4.78, 5) is 16.7. The molecular formula is C10H13N5OS. The molecule has 2 heterocycles. The zero-order chi connectivity index (χ0) is 12.3. The van der Waals surface area contributed by atoms with Gasteiger partial charge in [-0.2, -0.15) is 5.10 Å². The van der Waals surface area contributed by atoms with Crippen molar-refractivity contribution in [1.82, 2.24) is 20.1 Å². The van der Waals surface area contributed by atoms with Crippen molar-refractivity contribution >= 4 is 23.1 Å². The van der Waals surface area contributed by atoms with E-state index in [0.29, 0.717) is 12.2 Å². The Morgan fingerprint density at radius 1 is 1.53 bits per heavy atom. The first kappa shape index (κ1) is 11.6. The van der Waals surface area contributed by atoms with Crippen LogP contribution in [0.1, 0.15) is 9.88 Å². The van der Waals surface area contributed by atoms with Crippen molar-refractivity contribution in [2.75, 3.05) is 5.32 Å². The van der Waals surface area contributed by atoms with E-state index in [-0.39, 0.29) is 6.03 Å². The number of carbonyl (C=O) groups excluding carboxylic acids is 1. The zero-order valence-electron chi connectivity index (χ0n) is 9.60. The van der Waals surface area contributed by atoms with Gasteiger partial charge in [-0.05, 0) is 6.92 Å². The van der Waals surface area contributed by atoms with E-state index in [0.717, 1.165) is 9.88 Å². The summed E-state index contributed by atoms with van der Waals surface area (Å²) in [5, 5.41) is 10.4. The molecule has 2 rings (SSSR count). The van der Waals surface area contributed by atoms with Crippen LogP contribution in [0.25, 0.3) is 0 Å². The molecule has 6 nitrogen and oxygen atoms in total. The van der Waals surface area contributed by atoms with Crippen LogP contribution in [0.3, 0.4) is 0 Å². The highest BCUT2D eigenvalue weighted by atomic mass is 32.1. The highest BCUT2D eigenvalue weighted by Crippen LogP contribution is 2.10. The molecular weight excluding hydrogens is 238 g/mol. The third-order valence-electron chi connectivity index (χ3n) is 2.06. The van der Waals surface area contributed by atoms with Crippen LogP contribution in [-0.2, 0) is 13.6 Å². The predicted molar refractivity (Wildman–Crippen MR) is 65.9 cm³/mol. The van der Waals surface area contributed by atoms with Crippen molar-refractivity contribution in [3.8, 4) is 0 Å². The number of nitrogens with one attached hydrogen (secondary N) is 2. The molecule has 90 valence electrons. The highest BCUT2D eigenvalue weighted by Gasteiger charge is 2.04. The quantitative estimate of drug-likeness (QED) is 0.868. The average Bonchev–Trinajstić information content (AvgIpc) is 2.85. The maximum atomic E-state index is 11.5. The van der Waals surface area contributed by atoms with E-state index >= 15 is 0 Å². The minimum absolute atomic E-state index is 0.246. The Labute approximate surface area is 103 Å². The standard InChI is InChI=1S/C10H13N5OS/c1-7-11-4-9(17-7)5-12-10(16)14-8-3-13-15(2)6-8/h3-4,6H,5H2,1-2H3,(H2,12,14,16). The normalized spacial score (nSPS) is 10.2. The van der Waals surface area contributed by atoms with Gasteiger partial charge in [-0.1, -0.05) is 0 Å². The van der Waals surface area contributed by atoms with Crippen LogP contribution in [0.4, 0.5) is 10.5 Å². The SMILES string of the molecule is Cc1ncc(CNC(=O)Nc2cnn(C)c2)s1. The van der Waals surface area contributed by atoms with Gasteiger partial charge in [0.05, 0.1) is 23.4 Å². The van der Waals surface area contributed by atoms with Gasteiger partial charge in [0.15, 0.2) is 0 Å². The average molecular weight is 251 g/mol.